The average Bonchev–Trinajstić information content (AvgIpc) is 2.54. The molecule has 1 aromatic carbocycles. The molecule has 1 saturated heterocycles. The van der Waals surface area contributed by atoms with Crippen LogP contribution in [0.1, 0.15) is 31.7 Å². The number of hydrogen-bond donors (Lipinski definition) is 2. The Morgan fingerprint density at radius 2 is 2.17 bits per heavy atom. The van der Waals surface area contributed by atoms with E-state index in [1.54, 1.807) is 25.1 Å². The van der Waals surface area contributed by atoms with Crippen molar-refractivity contribution >= 4 is 17.2 Å². The van der Waals surface area contributed by atoms with Gasteiger partial charge in [-0.25, -0.2) is 9.38 Å². The molecule has 1 atom stereocenters. The summed E-state index contributed by atoms with van der Waals surface area (Å²) >= 11 is 0. The quantitative estimate of drug-likeness (QED) is 0.661. The molecule has 1 aliphatic rings. The summed E-state index contributed by atoms with van der Waals surface area (Å²) in [7, 11) is 2.11. The van der Waals surface area contributed by atoms with Gasteiger partial charge in [-0.2, -0.15) is 0 Å². The zero-order valence-corrected chi connectivity index (χ0v) is 13.9. The Morgan fingerprint density at radius 3 is 2.87 bits per heavy atom. The monoisotopic (exact) mass is 316 g/mol. The molecule has 0 aromatic heterocycles. The Bertz CT molecular complexity index is 609. The van der Waals surface area contributed by atoms with Crippen LogP contribution in [0.5, 0.6) is 0 Å². The number of likely N-dealkylation sites (tertiary alicyclic amines) is 1. The van der Waals surface area contributed by atoms with E-state index in [0.29, 0.717) is 29.4 Å². The van der Waals surface area contributed by atoms with E-state index in [4.69, 9.17) is 5.41 Å². The van der Waals surface area contributed by atoms with E-state index < -0.39 is 0 Å². The van der Waals surface area contributed by atoms with Crippen molar-refractivity contribution in [2.75, 3.05) is 20.1 Å². The number of likely N-dealkylation sites (N-methyl/N-ethyl adjacent to an activating group) is 1. The summed E-state index contributed by atoms with van der Waals surface area (Å²) in [4.78, 5) is 6.53. The molecular weight excluding hydrogens is 291 g/mol. The molecule has 5 heteroatoms. The predicted molar refractivity (Wildman–Crippen MR) is 94.5 cm³/mol. The lowest BCUT2D eigenvalue weighted by atomic mass is 10.0. The third kappa shape index (κ3) is 4.73. The fourth-order valence-corrected chi connectivity index (χ4v) is 2.79. The van der Waals surface area contributed by atoms with Gasteiger partial charge in [-0.05, 0) is 45.0 Å². The van der Waals surface area contributed by atoms with Gasteiger partial charge < -0.3 is 10.2 Å². The van der Waals surface area contributed by atoms with E-state index in [2.05, 4.69) is 28.8 Å². The lowest BCUT2D eigenvalue weighted by Crippen LogP contribution is -2.44. The second-order valence-electron chi connectivity index (χ2n) is 6.02. The molecule has 0 saturated carbocycles. The minimum absolute atomic E-state index is 0.0963. The van der Waals surface area contributed by atoms with E-state index in [1.807, 2.05) is 0 Å². The summed E-state index contributed by atoms with van der Waals surface area (Å²) in [6.07, 6.45) is 3.61. The summed E-state index contributed by atoms with van der Waals surface area (Å²) in [5, 5.41) is 11.0. The van der Waals surface area contributed by atoms with Gasteiger partial charge in [0.2, 0.25) is 5.96 Å². The second-order valence-corrected chi connectivity index (χ2v) is 6.02. The maximum atomic E-state index is 13.8. The van der Waals surface area contributed by atoms with Gasteiger partial charge in [-0.15, -0.1) is 0 Å². The summed E-state index contributed by atoms with van der Waals surface area (Å²) in [5.41, 5.74) is 1.47. The van der Waals surface area contributed by atoms with Crippen LogP contribution in [0.2, 0.25) is 0 Å². The fraction of sp³-hybridized carbons (Fsp3) is 0.444. The molecule has 0 radical (unpaired) electrons. The molecule has 0 amide bonds. The fourth-order valence-electron chi connectivity index (χ4n) is 2.79. The predicted octanol–water partition coefficient (Wildman–Crippen LogP) is 3.31. The van der Waals surface area contributed by atoms with Crippen molar-refractivity contribution in [3.8, 4) is 0 Å². The van der Waals surface area contributed by atoms with Crippen LogP contribution >= 0.6 is 0 Å². The van der Waals surface area contributed by atoms with Gasteiger partial charge >= 0.3 is 0 Å². The minimum Gasteiger partial charge on any atom is -0.353 e. The first-order valence-corrected chi connectivity index (χ1v) is 8.01. The van der Waals surface area contributed by atoms with Gasteiger partial charge in [0.25, 0.3) is 0 Å². The highest BCUT2D eigenvalue weighted by Crippen LogP contribution is 2.18. The van der Waals surface area contributed by atoms with E-state index in [-0.39, 0.29) is 11.8 Å². The molecule has 0 bridgehead atoms. The highest BCUT2D eigenvalue weighted by molar-refractivity contribution is 6.24. The molecule has 2 rings (SSSR count). The second kappa shape index (κ2) is 8.02. The van der Waals surface area contributed by atoms with Crippen LogP contribution < -0.4 is 5.32 Å². The maximum absolute atomic E-state index is 13.8. The maximum Gasteiger partial charge on any atom is 0.215 e. The number of nitrogens with one attached hydrogen (secondary N) is 2. The van der Waals surface area contributed by atoms with Crippen LogP contribution in [-0.2, 0) is 0 Å². The standard InChI is InChI=1S/C18H25FN4/c1-13(16-9-4-5-10-17(16)19)14(2)22-18(20)21-12-15-8-6-7-11-23(15)3/h4-5,9-10,15H,1,6-8,11-12H2,2-3H3,(H2,20,21)/b22-14-. The first kappa shape index (κ1) is 17.3. The number of rotatable bonds is 4. The Hall–Kier alpha value is -2.01. The number of piperidine rings is 1. The van der Waals surface area contributed by atoms with Crippen LogP contribution in [0.15, 0.2) is 35.8 Å². The van der Waals surface area contributed by atoms with Crippen molar-refractivity contribution in [2.45, 2.75) is 32.2 Å². The Balaban J connectivity index is 1.93. The number of allylic oxidation sites excluding steroid dienone is 1. The summed E-state index contributed by atoms with van der Waals surface area (Å²) in [6.45, 7) is 7.45. The van der Waals surface area contributed by atoms with Crippen LogP contribution in [-0.4, -0.2) is 42.8 Å². The highest BCUT2D eigenvalue weighted by atomic mass is 19.1. The van der Waals surface area contributed by atoms with Gasteiger partial charge in [0.15, 0.2) is 0 Å². The third-order valence-electron chi connectivity index (χ3n) is 4.34. The van der Waals surface area contributed by atoms with Crippen molar-refractivity contribution in [3.05, 3.63) is 42.2 Å². The van der Waals surface area contributed by atoms with E-state index in [0.717, 1.165) is 13.0 Å². The molecule has 23 heavy (non-hydrogen) atoms. The van der Waals surface area contributed by atoms with Crippen LogP contribution in [0.4, 0.5) is 4.39 Å². The van der Waals surface area contributed by atoms with Gasteiger partial charge in [-0.1, -0.05) is 31.2 Å². The number of halogens is 1. The van der Waals surface area contributed by atoms with Gasteiger partial charge in [0.1, 0.15) is 5.82 Å². The van der Waals surface area contributed by atoms with E-state index >= 15 is 0 Å². The Kier molecular flexibility index (Phi) is 6.04. The van der Waals surface area contributed by atoms with Gasteiger partial charge in [0.05, 0.1) is 0 Å². The van der Waals surface area contributed by atoms with Gasteiger partial charge in [0, 0.05) is 23.9 Å². The smallest absolute Gasteiger partial charge is 0.215 e. The highest BCUT2D eigenvalue weighted by Gasteiger charge is 2.18. The summed E-state index contributed by atoms with van der Waals surface area (Å²) in [6, 6.07) is 6.91. The summed E-state index contributed by atoms with van der Waals surface area (Å²) < 4.78 is 13.8. The van der Waals surface area contributed by atoms with Crippen molar-refractivity contribution in [1.82, 2.24) is 10.2 Å². The minimum atomic E-state index is -0.324. The first-order chi connectivity index (χ1) is 11.0. The third-order valence-corrected chi connectivity index (χ3v) is 4.34. The number of aliphatic imine (C=N–C) groups is 1. The molecule has 2 N–H and O–H groups in total. The van der Waals surface area contributed by atoms with Crippen LogP contribution in [0.25, 0.3) is 5.57 Å². The SMILES string of the molecule is C=C(/C(C)=N\C(=N)NCC1CCCCN1C)c1ccccc1F. The van der Waals surface area contributed by atoms with Crippen molar-refractivity contribution in [1.29, 1.82) is 5.41 Å². The summed E-state index contributed by atoms with van der Waals surface area (Å²) in [5.74, 6) is -0.227. The molecule has 1 fully saturated rings. The first-order valence-electron chi connectivity index (χ1n) is 8.01. The van der Waals surface area contributed by atoms with Gasteiger partial charge in [-0.3, -0.25) is 5.41 Å². The average molecular weight is 316 g/mol. The van der Waals surface area contributed by atoms with E-state index in [1.165, 1.54) is 18.9 Å². The van der Waals surface area contributed by atoms with Crippen LogP contribution in [0, 0.1) is 11.2 Å². The zero-order chi connectivity index (χ0) is 16.8. The van der Waals surface area contributed by atoms with Crippen molar-refractivity contribution in [3.63, 3.8) is 0 Å². The molecule has 4 nitrogen and oxygen atoms in total. The largest absolute Gasteiger partial charge is 0.353 e. The zero-order valence-electron chi connectivity index (χ0n) is 13.9. The topological polar surface area (TPSA) is 51.5 Å². The van der Waals surface area contributed by atoms with Crippen molar-refractivity contribution < 1.29 is 4.39 Å². The molecule has 1 aliphatic heterocycles. The molecule has 1 heterocycles. The lowest BCUT2D eigenvalue weighted by molar-refractivity contribution is 0.186. The number of benzene rings is 1. The normalized spacial score (nSPS) is 19.4. The number of guanidine groups is 1. The Morgan fingerprint density at radius 1 is 1.43 bits per heavy atom. The molecule has 0 spiro atoms. The molecule has 1 unspecified atom stereocenters. The Labute approximate surface area is 137 Å². The molecular formula is C18H25FN4. The lowest BCUT2D eigenvalue weighted by Gasteiger charge is -2.32. The molecule has 1 aromatic rings. The van der Waals surface area contributed by atoms with E-state index in [9.17, 15) is 4.39 Å². The molecule has 0 aliphatic carbocycles. The number of hydrogen-bond acceptors (Lipinski definition) is 2. The molecule has 124 valence electrons. The van der Waals surface area contributed by atoms with Crippen molar-refractivity contribution in [2.24, 2.45) is 4.99 Å². The van der Waals surface area contributed by atoms with Crippen LogP contribution in [0.3, 0.4) is 0 Å². The number of nitrogens with zero attached hydrogens (tertiary/aromatic N) is 2.